The Bertz CT molecular complexity index is 852. The van der Waals surface area contributed by atoms with E-state index >= 15 is 0 Å². The lowest BCUT2D eigenvalue weighted by Crippen LogP contribution is -2.35. The van der Waals surface area contributed by atoms with Crippen LogP contribution in [0.2, 0.25) is 0 Å². The minimum atomic E-state index is -0.141. The third kappa shape index (κ3) is 2.19. The average Bonchev–Trinajstić information content (AvgIpc) is 3.02. The minimum absolute atomic E-state index is 0.141. The number of thiazole rings is 1. The number of benzene rings is 1. The van der Waals surface area contributed by atoms with Gasteiger partial charge in [-0.1, -0.05) is 23.5 Å². The summed E-state index contributed by atoms with van der Waals surface area (Å²) in [5.74, 6) is -0.141. The van der Waals surface area contributed by atoms with Crippen molar-refractivity contribution < 1.29 is 9.53 Å². The van der Waals surface area contributed by atoms with E-state index in [1.54, 1.807) is 11.3 Å². The number of aromatic nitrogens is 2. The van der Waals surface area contributed by atoms with Gasteiger partial charge in [0.15, 0.2) is 4.96 Å². The number of carbonyl (C=O) groups excluding carboxylic acids is 1. The van der Waals surface area contributed by atoms with Gasteiger partial charge >= 0.3 is 5.97 Å². The summed E-state index contributed by atoms with van der Waals surface area (Å²) in [6, 6.07) is 8.24. The van der Waals surface area contributed by atoms with Gasteiger partial charge in [-0.25, -0.2) is 4.98 Å². The van der Waals surface area contributed by atoms with Crippen molar-refractivity contribution >= 4 is 33.3 Å². The Hall–Kier alpha value is -1.92. The molecule has 0 saturated carbocycles. The molecule has 3 heterocycles. The van der Waals surface area contributed by atoms with Crippen LogP contribution >= 0.6 is 11.3 Å². The van der Waals surface area contributed by atoms with Gasteiger partial charge in [-0.05, 0) is 19.1 Å². The highest BCUT2D eigenvalue weighted by Crippen LogP contribution is 2.31. The number of hydrogen-bond acceptors (Lipinski definition) is 5. The van der Waals surface area contributed by atoms with Crippen molar-refractivity contribution in [2.24, 2.45) is 0 Å². The van der Waals surface area contributed by atoms with E-state index < -0.39 is 0 Å². The van der Waals surface area contributed by atoms with Crippen LogP contribution in [0.3, 0.4) is 0 Å². The van der Waals surface area contributed by atoms with E-state index in [9.17, 15) is 4.79 Å². The molecule has 0 fully saturated rings. The van der Waals surface area contributed by atoms with Crippen LogP contribution in [-0.2, 0) is 22.5 Å². The first-order valence-electron chi connectivity index (χ1n) is 7.52. The molecule has 22 heavy (non-hydrogen) atoms. The van der Waals surface area contributed by atoms with Crippen LogP contribution in [0.25, 0.3) is 16.0 Å². The van der Waals surface area contributed by atoms with Crippen LogP contribution < -0.4 is 0 Å². The van der Waals surface area contributed by atoms with Crippen molar-refractivity contribution in [3.05, 3.63) is 34.8 Å². The fraction of sp³-hybridized carbons (Fsp3) is 0.375. The summed E-state index contributed by atoms with van der Waals surface area (Å²) in [4.78, 5) is 20.9. The third-order valence-electron chi connectivity index (χ3n) is 4.03. The second-order valence-corrected chi connectivity index (χ2v) is 6.52. The Morgan fingerprint density at radius 2 is 2.27 bits per heavy atom. The largest absolute Gasteiger partial charge is 0.465 e. The second-order valence-electron chi connectivity index (χ2n) is 5.46. The molecule has 0 amide bonds. The minimum Gasteiger partial charge on any atom is -0.465 e. The molecule has 2 aromatic heterocycles. The van der Waals surface area contributed by atoms with Crippen molar-refractivity contribution in [3.63, 3.8) is 0 Å². The van der Waals surface area contributed by atoms with Gasteiger partial charge in [-0.15, -0.1) is 0 Å². The summed E-state index contributed by atoms with van der Waals surface area (Å²) < 4.78 is 7.31. The molecular formula is C16H17N3O2S. The molecule has 0 unspecified atom stereocenters. The molecule has 3 aromatic rings. The van der Waals surface area contributed by atoms with Gasteiger partial charge < -0.3 is 4.74 Å². The zero-order valence-corrected chi connectivity index (χ0v) is 13.2. The predicted molar refractivity (Wildman–Crippen MR) is 86.2 cm³/mol. The first-order chi connectivity index (χ1) is 10.8. The Balaban J connectivity index is 1.66. The highest BCUT2D eigenvalue weighted by Gasteiger charge is 2.24. The van der Waals surface area contributed by atoms with Crippen LogP contribution in [0.1, 0.15) is 17.5 Å². The number of hydrogen-bond donors (Lipinski definition) is 0. The number of rotatable bonds is 3. The van der Waals surface area contributed by atoms with Gasteiger partial charge in [0.25, 0.3) is 0 Å². The maximum Gasteiger partial charge on any atom is 0.320 e. The van der Waals surface area contributed by atoms with Gasteiger partial charge in [-0.2, -0.15) is 0 Å². The first-order valence-corrected chi connectivity index (χ1v) is 8.33. The molecule has 4 rings (SSSR count). The highest BCUT2D eigenvalue weighted by molar-refractivity contribution is 7.17. The van der Waals surface area contributed by atoms with E-state index in [1.165, 1.54) is 16.1 Å². The quantitative estimate of drug-likeness (QED) is 0.697. The molecule has 6 heteroatoms. The Morgan fingerprint density at radius 1 is 1.41 bits per heavy atom. The summed E-state index contributed by atoms with van der Waals surface area (Å²) in [6.07, 6.45) is 0.940. The lowest BCUT2D eigenvalue weighted by Gasteiger charge is -2.25. The normalized spacial score (nSPS) is 15.3. The number of fused-ring (bicyclic) bond motifs is 5. The molecule has 0 N–H and O–H groups in total. The van der Waals surface area contributed by atoms with Gasteiger partial charge in [0, 0.05) is 30.1 Å². The van der Waals surface area contributed by atoms with Crippen LogP contribution in [0, 0.1) is 0 Å². The number of nitrogens with zero attached hydrogens (tertiary/aromatic N) is 3. The predicted octanol–water partition coefficient (Wildman–Crippen LogP) is 2.47. The van der Waals surface area contributed by atoms with Gasteiger partial charge in [0.05, 0.1) is 24.2 Å². The molecule has 0 saturated heterocycles. The molecule has 0 radical (unpaired) electrons. The van der Waals surface area contributed by atoms with Crippen molar-refractivity contribution in [3.8, 4) is 0 Å². The number of para-hydroxylation sites is 2. The number of ether oxygens (including phenoxy) is 1. The Labute approximate surface area is 132 Å². The Kier molecular flexibility index (Phi) is 3.35. The molecular weight excluding hydrogens is 298 g/mol. The van der Waals surface area contributed by atoms with Crippen LogP contribution in [0.15, 0.2) is 24.3 Å². The van der Waals surface area contributed by atoms with Crippen LogP contribution in [0.4, 0.5) is 0 Å². The molecule has 1 aliphatic heterocycles. The first kappa shape index (κ1) is 13.7. The molecule has 5 nitrogen and oxygen atoms in total. The zero-order valence-electron chi connectivity index (χ0n) is 12.4. The average molecular weight is 315 g/mol. The zero-order chi connectivity index (χ0) is 15.1. The SMILES string of the molecule is CCOC(=O)CN1CCc2c(sc3nc4ccccc4n23)C1. The van der Waals surface area contributed by atoms with E-state index in [0.29, 0.717) is 13.2 Å². The molecule has 0 spiro atoms. The molecule has 0 bridgehead atoms. The molecule has 0 atom stereocenters. The van der Waals surface area contributed by atoms with E-state index in [0.717, 1.165) is 30.0 Å². The lowest BCUT2D eigenvalue weighted by atomic mass is 10.1. The van der Waals surface area contributed by atoms with Crippen LogP contribution in [-0.4, -0.2) is 40.0 Å². The van der Waals surface area contributed by atoms with Crippen molar-refractivity contribution in [1.29, 1.82) is 0 Å². The van der Waals surface area contributed by atoms with Crippen LogP contribution in [0.5, 0.6) is 0 Å². The monoisotopic (exact) mass is 315 g/mol. The van der Waals surface area contributed by atoms with Crippen molar-refractivity contribution in [2.75, 3.05) is 19.7 Å². The van der Waals surface area contributed by atoms with E-state index in [4.69, 9.17) is 9.72 Å². The summed E-state index contributed by atoms with van der Waals surface area (Å²) in [5, 5.41) is 0. The molecule has 1 aliphatic rings. The second kappa shape index (κ2) is 5.37. The lowest BCUT2D eigenvalue weighted by molar-refractivity contribution is -0.144. The van der Waals surface area contributed by atoms with Crippen molar-refractivity contribution in [2.45, 2.75) is 19.9 Å². The molecule has 114 valence electrons. The van der Waals surface area contributed by atoms with Gasteiger partial charge in [-0.3, -0.25) is 14.1 Å². The highest BCUT2D eigenvalue weighted by atomic mass is 32.1. The van der Waals surface area contributed by atoms with Gasteiger partial charge in [0.1, 0.15) is 0 Å². The summed E-state index contributed by atoms with van der Waals surface area (Å²) in [6.45, 7) is 4.33. The fourth-order valence-corrected chi connectivity index (χ4v) is 4.29. The van der Waals surface area contributed by atoms with E-state index in [-0.39, 0.29) is 5.97 Å². The van der Waals surface area contributed by atoms with E-state index in [1.807, 2.05) is 13.0 Å². The molecule has 0 aliphatic carbocycles. The standard InChI is InChI=1S/C16H17N3O2S/c1-2-21-15(20)10-18-8-7-13-14(9-18)22-16-17-11-5-3-4-6-12(11)19(13)16/h3-6H,2,7-10H2,1H3. The Morgan fingerprint density at radius 3 is 3.14 bits per heavy atom. The maximum absolute atomic E-state index is 11.6. The number of carbonyl (C=O) groups is 1. The smallest absolute Gasteiger partial charge is 0.320 e. The van der Waals surface area contributed by atoms with Gasteiger partial charge in [0.2, 0.25) is 0 Å². The van der Waals surface area contributed by atoms with E-state index in [2.05, 4.69) is 27.5 Å². The fourth-order valence-electron chi connectivity index (χ4n) is 3.07. The topological polar surface area (TPSA) is 46.8 Å². The summed E-state index contributed by atoms with van der Waals surface area (Å²) >= 11 is 1.73. The van der Waals surface area contributed by atoms with Crippen molar-refractivity contribution in [1.82, 2.24) is 14.3 Å². The summed E-state index contributed by atoms with van der Waals surface area (Å²) in [7, 11) is 0. The number of esters is 1. The summed E-state index contributed by atoms with van der Waals surface area (Å²) in [5.41, 5.74) is 3.56. The third-order valence-corrected chi connectivity index (χ3v) is 5.09. The number of imidazole rings is 1. The maximum atomic E-state index is 11.6. The molecule has 1 aromatic carbocycles.